The molecular weight excluding hydrogens is 340 g/mol. The lowest BCUT2D eigenvalue weighted by atomic mass is 10.1. The molecule has 0 unspecified atom stereocenters. The Bertz CT molecular complexity index is 1020. The van der Waals surface area contributed by atoms with Crippen molar-refractivity contribution in [2.75, 3.05) is 20.8 Å². The summed E-state index contributed by atoms with van der Waals surface area (Å²) in [6, 6.07) is 11.6. The van der Waals surface area contributed by atoms with Gasteiger partial charge in [0, 0.05) is 11.5 Å². The summed E-state index contributed by atoms with van der Waals surface area (Å²) < 4.78 is 20.9. The van der Waals surface area contributed by atoms with E-state index >= 15 is 0 Å². The van der Waals surface area contributed by atoms with Crippen molar-refractivity contribution >= 4 is 16.9 Å². The zero-order valence-corrected chi connectivity index (χ0v) is 14.1. The minimum absolute atomic E-state index is 0.307. The molecule has 0 fully saturated rings. The number of rotatable bonds is 6. The van der Waals surface area contributed by atoms with Crippen molar-refractivity contribution < 1.29 is 28.5 Å². The number of benzene rings is 2. The molecule has 0 aliphatic carbocycles. The van der Waals surface area contributed by atoms with Gasteiger partial charge >= 0.3 is 11.6 Å². The van der Waals surface area contributed by atoms with Gasteiger partial charge in [0.05, 0.1) is 19.8 Å². The van der Waals surface area contributed by atoms with Crippen LogP contribution in [-0.2, 0) is 4.79 Å². The average molecular weight is 356 g/mol. The Labute approximate surface area is 148 Å². The van der Waals surface area contributed by atoms with Crippen molar-refractivity contribution in [2.24, 2.45) is 0 Å². The van der Waals surface area contributed by atoms with Crippen LogP contribution in [0.2, 0.25) is 0 Å². The number of ether oxygens (including phenoxy) is 3. The molecule has 0 saturated carbocycles. The minimum Gasteiger partial charge on any atom is -0.493 e. The fourth-order valence-corrected chi connectivity index (χ4v) is 2.53. The molecule has 0 aliphatic heterocycles. The van der Waals surface area contributed by atoms with Crippen LogP contribution in [0.4, 0.5) is 0 Å². The number of methoxy groups -OCH3 is 2. The normalized spacial score (nSPS) is 10.5. The highest BCUT2D eigenvalue weighted by atomic mass is 16.5. The number of fused-ring (bicyclic) bond motifs is 1. The van der Waals surface area contributed by atoms with Crippen molar-refractivity contribution in [3.8, 4) is 28.4 Å². The van der Waals surface area contributed by atoms with E-state index in [0.717, 1.165) is 0 Å². The molecule has 26 heavy (non-hydrogen) atoms. The van der Waals surface area contributed by atoms with Crippen LogP contribution in [0, 0.1) is 0 Å². The second kappa shape index (κ2) is 7.18. The third kappa shape index (κ3) is 3.46. The van der Waals surface area contributed by atoms with Gasteiger partial charge in [0.25, 0.3) is 0 Å². The predicted octanol–water partition coefficient (Wildman–Crippen LogP) is 2.94. The first-order chi connectivity index (χ1) is 12.5. The van der Waals surface area contributed by atoms with Gasteiger partial charge in [-0.1, -0.05) is 6.07 Å². The second-order valence-electron chi connectivity index (χ2n) is 5.40. The third-order valence-corrected chi connectivity index (χ3v) is 3.76. The molecule has 3 rings (SSSR count). The van der Waals surface area contributed by atoms with E-state index in [-0.39, 0.29) is 0 Å². The first-order valence-corrected chi connectivity index (χ1v) is 7.66. The van der Waals surface area contributed by atoms with E-state index < -0.39 is 18.2 Å². The van der Waals surface area contributed by atoms with Crippen LogP contribution >= 0.6 is 0 Å². The Morgan fingerprint density at radius 2 is 1.81 bits per heavy atom. The van der Waals surface area contributed by atoms with Gasteiger partial charge in [-0.2, -0.15) is 0 Å². The van der Waals surface area contributed by atoms with Crippen molar-refractivity contribution in [1.82, 2.24) is 0 Å². The van der Waals surface area contributed by atoms with Crippen molar-refractivity contribution in [1.29, 1.82) is 0 Å². The number of hydrogen-bond acceptors (Lipinski definition) is 6. The molecule has 1 N–H and O–H groups in total. The highest BCUT2D eigenvalue weighted by molar-refractivity contribution is 5.83. The predicted molar refractivity (Wildman–Crippen MR) is 94.2 cm³/mol. The minimum atomic E-state index is -1.09. The zero-order chi connectivity index (χ0) is 18.7. The summed E-state index contributed by atoms with van der Waals surface area (Å²) in [7, 11) is 3.05. The highest BCUT2D eigenvalue weighted by Crippen LogP contribution is 2.32. The lowest BCUT2D eigenvalue weighted by Gasteiger charge is -2.10. The Kier molecular flexibility index (Phi) is 4.79. The summed E-state index contributed by atoms with van der Waals surface area (Å²) in [5.74, 6) is 0.279. The molecule has 134 valence electrons. The molecule has 7 heteroatoms. The Balaban J connectivity index is 2.03. The van der Waals surface area contributed by atoms with E-state index in [1.165, 1.54) is 20.3 Å². The maximum Gasteiger partial charge on any atom is 0.344 e. The monoisotopic (exact) mass is 356 g/mol. The molecular formula is C19H16O7. The molecule has 1 heterocycles. The summed E-state index contributed by atoms with van der Waals surface area (Å²) >= 11 is 0. The van der Waals surface area contributed by atoms with Gasteiger partial charge < -0.3 is 23.7 Å². The largest absolute Gasteiger partial charge is 0.493 e. The molecule has 0 saturated heterocycles. The van der Waals surface area contributed by atoms with Gasteiger partial charge in [-0.05, 0) is 35.9 Å². The summed E-state index contributed by atoms with van der Waals surface area (Å²) in [5.41, 5.74) is 0.782. The van der Waals surface area contributed by atoms with E-state index in [1.807, 2.05) is 0 Å². The first-order valence-electron chi connectivity index (χ1n) is 7.66. The van der Waals surface area contributed by atoms with Gasteiger partial charge in [0.15, 0.2) is 18.1 Å². The van der Waals surface area contributed by atoms with E-state index in [1.54, 1.807) is 36.4 Å². The van der Waals surface area contributed by atoms with Crippen molar-refractivity contribution in [3.05, 3.63) is 52.9 Å². The maximum atomic E-state index is 12.4. The number of carboxylic acids is 1. The lowest BCUT2D eigenvalue weighted by Crippen LogP contribution is -2.09. The quantitative estimate of drug-likeness (QED) is 0.678. The summed E-state index contributed by atoms with van der Waals surface area (Å²) in [6.07, 6.45) is 0. The number of hydrogen-bond donors (Lipinski definition) is 1. The zero-order valence-electron chi connectivity index (χ0n) is 14.1. The molecule has 0 spiro atoms. The van der Waals surface area contributed by atoms with Crippen LogP contribution in [0.1, 0.15) is 0 Å². The van der Waals surface area contributed by atoms with Crippen LogP contribution in [-0.4, -0.2) is 31.9 Å². The van der Waals surface area contributed by atoms with Gasteiger partial charge in [-0.15, -0.1) is 0 Å². The highest BCUT2D eigenvalue weighted by Gasteiger charge is 2.12. The summed E-state index contributed by atoms with van der Waals surface area (Å²) in [4.78, 5) is 23.0. The number of aliphatic carboxylic acids is 1. The standard InChI is InChI=1S/C19H16O7/c1-23-15-6-4-11(8-17(15)24-2)14-7-12-3-5-13(25-10-18(20)21)9-16(12)26-19(14)22/h3-9H,10H2,1-2H3,(H,20,21). The van der Waals surface area contributed by atoms with Crippen LogP contribution < -0.4 is 19.8 Å². The van der Waals surface area contributed by atoms with E-state index in [9.17, 15) is 9.59 Å². The fraction of sp³-hybridized carbons (Fsp3) is 0.158. The third-order valence-electron chi connectivity index (χ3n) is 3.76. The molecule has 0 bridgehead atoms. The summed E-state index contributed by atoms with van der Waals surface area (Å²) in [5, 5.41) is 9.33. The van der Waals surface area contributed by atoms with Gasteiger partial charge in [-0.3, -0.25) is 0 Å². The summed E-state index contributed by atoms with van der Waals surface area (Å²) in [6.45, 7) is -0.473. The van der Waals surface area contributed by atoms with Gasteiger partial charge in [0.1, 0.15) is 11.3 Å². The van der Waals surface area contributed by atoms with Crippen LogP contribution in [0.15, 0.2) is 51.7 Å². The maximum absolute atomic E-state index is 12.4. The molecule has 3 aromatic rings. The molecule has 0 radical (unpaired) electrons. The molecule has 7 nitrogen and oxygen atoms in total. The van der Waals surface area contributed by atoms with Crippen molar-refractivity contribution in [3.63, 3.8) is 0 Å². The second-order valence-corrected chi connectivity index (χ2v) is 5.40. The van der Waals surface area contributed by atoms with Crippen LogP contribution in [0.5, 0.6) is 17.2 Å². The molecule has 1 aromatic heterocycles. The Morgan fingerprint density at radius 3 is 2.50 bits per heavy atom. The topological polar surface area (TPSA) is 95.2 Å². The van der Waals surface area contributed by atoms with Crippen LogP contribution in [0.3, 0.4) is 0 Å². The Morgan fingerprint density at radius 1 is 1.04 bits per heavy atom. The van der Waals surface area contributed by atoms with Crippen molar-refractivity contribution in [2.45, 2.75) is 0 Å². The smallest absolute Gasteiger partial charge is 0.344 e. The number of carbonyl (C=O) groups is 1. The first kappa shape index (κ1) is 17.3. The van der Waals surface area contributed by atoms with E-state index in [0.29, 0.717) is 39.3 Å². The van der Waals surface area contributed by atoms with E-state index in [2.05, 4.69) is 0 Å². The molecule has 2 aromatic carbocycles. The molecule has 0 aliphatic rings. The SMILES string of the molecule is COc1ccc(-c2cc3ccc(OCC(=O)O)cc3oc2=O)cc1OC. The molecule has 0 atom stereocenters. The van der Waals surface area contributed by atoms with Crippen LogP contribution in [0.25, 0.3) is 22.1 Å². The van der Waals surface area contributed by atoms with Gasteiger partial charge in [0.2, 0.25) is 0 Å². The lowest BCUT2D eigenvalue weighted by molar-refractivity contribution is -0.139. The van der Waals surface area contributed by atoms with Gasteiger partial charge in [-0.25, -0.2) is 9.59 Å². The fourth-order valence-electron chi connectivity index (χ4n) is 2.53. The molecule has 0 amide bonds. The average Bonchev–Trinajstić information content (AvgIpc) is 2.65. The van der Waals surface area contributed by atoms with E-state index in [4.69, 9.17) is 23.7 Å². The number of carboxylic acid groups (broad SMARTS) is 1. The Hall–Kier alpha value is -3.48.